The van der Waals surface area contributed by atoms with Gasteiger partial charge in [-0.3, -0.25) is 19.2 Å². The molecular weight excluding hydrogens is 426 g/mol. The number of esters is 1. The molecule has 0 saturated carbocycles. The molecule has 2 aromatic carbocycles. The van der Waals surface area contributed by atoms with Crippen molar-refractivity contribution in [3.63, 3.8) is 0 Å². The van der Waals surface area contributed by atoms with E-state index in [1.54, 1.807) is 25.1 Å². The first-order valence-electron chi connectivity index (χ1n) is 9.41. The Hall–Kier alpha value is -3.47. The number of amides is 1. The van der Waals surface area contributed by atoms with E-state index in [1.807, 2.05) is 0 Å². The molecule has 31 heavy (non-hydrogen) atoms. The smallest absolute Gasteiger partial charge is 0.338 e. The average Bonchev–Trinajstić information content (AvgIpc) is 2.70. The van der Waals surface area contributed by atoms with Crippen LogP contribution in [-0.2, 0) is 19.6 Å². The van der Waals surface area contributed by atoms with Crippen LogP contribution in [0.25, 0.3) is 0 Å². The summed E-state index contributed by atoms with van der Waals surface area (Å²) in [6, 6.07) is 11.6. The fraction of sp³-hybridized carbons (Fsp3) is 0.300. The molecule has 1 N–H and O–H groups in total. The fourth-order valence-electron chi connectivity index (χ4n) is 2.79. The van der Waals surface area contributed by atoms with E-state index in [0.29, 0.717) is 11.3 Å². The van der Waals surface area contributed by atoms with Crippen molar-refractivity contribution >= 4 is 39.0 Å². The summed E-state index contributed by atoms with van der Waals surface area (Å²) in [6.07, 6.45) is 1.18. The second-order valence-electron chi connectivity index (χ2n) is 6.57. The molecule has 0 unspecified atom stereocenters. The molecule has 0 bridgehead atoms. The van der Waals surface area contributed by atoms with E-state index in [9.17, 15) is 28.1 Å². The Balaban J connectivity index is 2.01. The quantitative estimate of drug-likeness (QED) is 0.334. The third-order valence-electron chi connectivity index (χ3n) is 4.15. The number of rotatable bonds is 10. The highest BCUT2D eigenvalue weighted by Gasteiger charge is 2.20. The van der Waals surface area contributed by atoms with Gasteiger partial charge in [0.05, 0.1) is 29.0 Å². The van der Waals surface area contributed by atoms with Gasteiger partial charge in [0.15, 0.2) is 0 Å². The molecule has 0 aliphatic carbocycles. The van der Waals surface area contributed by atoms with Crippen LogP contribution in [0.3, 0.4) is 0 Å². The Morgan fingerprint density at radius 1 is 1.16 bits per heavy atom. The largest absolute Gasteiger partial charge is 0.462 e. The first-order chi connectivity index (χ1) is 14.6. The van der Waals surface area contributed by atoms with Gasteiger partial charge in [-0.25, -0.2) is 13.2 Å². The molecule has 0 spiro atoms. The van der Waals surface area contributed by atoms with E-state index in [2.05, 4.69) is 5.32 Å². The van der Waals surface area contributed by atoms with Gasteiger partial charge in [-0.1, -0.05) is 12.1 Å². The van der Waals surface area contributed by atoms with Crippen LogP contribution in [0, 0.1) is 10.1 Å². The molecule has 0 aliphatic heterocycles. The number of benzene rings is 2. The molecule has 0 heterocycles. The van der Waals surface area contributed by atoms with Crippen molar-refractivity contribution in [1.29, 1.82) is 0 Å². The fourth-order valence-corrected chi connectivity index (χ4v) is 3.75. The number of carbonyl (C=O) groups excluding carboxylic acids is 2. The summed E-state index contributed by atoms with van der Waals surface area (Å²) < 4.78 is 30.2. The number of hydrogen-bond acceptors (Lipinski definition) is 7. The van der Waals surface area contributed by atoms with Gasteiger partial charge in [0.2, 0.25) is 15.9 Å². The number of non-ortho nitro benzene ring substituents is 1. The van der Waals surface area contributed by atoms with Crippen molar-refractivity contribution in [3.05, 3.63) is 64.2 Å². The minimum atomic E-state index is -3.71. The van der Waals surface area contributed by atoms with Gasteiger partial charge >= 0.3 is 5.97 Å². The van der Waals surface area contributed by atoms with Crippen LogP contribution in [-0.4, -0.2) is 44.6 Å². The van der Waals surface area contributed by atoms with Gasteiger partial charge < -0.3 is 10.1 Å². The topological polar surface area (TPSA) is 136 Å². The number of nitrogens with one attached hydrogen (secondary N) is 1. The van der Waals surface area contributed by atoms with Crippen LogP contribution < -0.4 is 9.62 Å². The number of nitro benzene ring substituents is 1. The molecule has 0 radical (unpaired) electrons. The third kappa shape index (κ3) is 7.07. The summed E-state index contributed by atoms with van der Waals surface area (Å²) in [7, 11) is -3.71. The minimum Gasteiger partial charge on any atom is -0.462 e. The summed E-state index contributed by atoms with van der Waals surface area (Å²) in [5.41, 5.74) is 0.632. The molecule has 2 aromatic rings. The van der Waals surface area contributed by atoms with Crippen molar-refractivity contribution in [3.8, 4) is 0 Å². The van der Waals surface area contributed by atoms with Crippen molar-refractivity contribution in [2.75, 3.05) is 29.0 Å². The van der Waals surface area contributed by atoms with Crippen LogP contribution in [0.2, 0.25) is 0 Å². The number of anilines is 2. The highest BCUT2D eigenvalue weighted by atomic mass is 32.2. The zero-order valence-electron chi connectivity index (χ0n) is 17.1. The molecule has 0 aliphatic rings. The lowest BCUT2D eigenvalue weighted by Gasteiger charge is -2.22. The van der Waals surface area contributed by atoms with Crippen LogP contribution in [0.5, 0.6) is 0 Å². The molecule has 0 atom stereocenters. The number of carbonyl (C=O) groups is 2. The zero-order chi connectivity index (χ0) is 23.0. The van der Waals surface area contributed by atoms with Crippen molar-refractivity contribution < 1.29 is 27.7 Å². The molecule has 10 nitrogen and oxygen atoms in total. The number of sulfonamides is 1. The first kappa shape index (κ1) is 23.8. The predicted molar refractivity (Wildman–Crippen MR) is 116 cm³/mol. The average molecular weight is 449 g/mol. The maximum absolute atomic E-state index is 12.2. The van der Waals surface area contributed by atoms with E-state index in [-0.39, 0.29) is 43.3 Å². The van der Waals surface area contributed by atoms with Crippen LogP contribution in [0.4, 0.5) is 17.1 Å². The highest BCUT2D eigenvalue weighted by Crippen LogP contribution is 2.23. The van der Waals surface area contributed by atoms with Crippen LogP contribution >= 0.6 is 0 Å². The Morgan fingerprint density at radius 3 is 2.52 bits per heavy atom. The third-order valence-corrected chi connectivity index (χ3v) is 5.35. The number of hydrogen-bond donors (Lipinski definition) is 1. The van der Waals surface area contributed by atoms with E-state index in [4.69, 9.17) is 4.74 Å². The van der Waals surface area contributed by atoms with E-state index in [0.717, 1.165) is 10.6 Å². The van der Waals surface area contributed by atoms with Crippen molar-refractivity contribution in [2.45, 2.75) is 19.8 Å². The Kier molecular flexibility index (Phi) is 8.08. The molecule has 2 rings (SSSR count). The molecule has 11 heteroatoms. The number of nitro groups is 1. The minimum absolute atomic E-state index is 0.00454. The standard InChI is InChI=1S/C20H23N3O7S/c1-3-30-20(25)15-7-4-8-16(13-15)21-19(24)11-6-12-22(31(2,28)29)17-9-5-10-18(14-17)23(26)27/h4-5,7-10,13-14H,3,6,11-12H2,1-2H3,(H,21,24). The van der Waals surface area contributed by atoms with Crippen molar-refractivity contribution in [2.24, 2.45) is 0 Å². The maximum atomic E-state index is 12.2. The summed E-state index contributed by atoms with van der Waals surface area (Å²) >= 11 is 0. The highest BCUT2D eigenvalue weighted by molar-refractivity contribution is 7.92. The van der Waals surface area contributed by atoms with Crippen molar-refractivity contribution in [1.82, 2.24) is 0 Å². The van der Waals surface area contributed by atoms with Gasteiger partial charge in [-0.2, -0.15) is 0 Å². The van der Waals surface area contributed by atoms with Gasteiger partial charge in [-0.05, 0) is 37.6 Å². The number of nitrogens with zero attached hydrogens (tertiary/aromatic N) is 2. The van der Waals surface area contributed by atoms with Gasteiger partial charge in [0.25, 0.3) is 5.69 Å². The summed E-state index contributed by atoms with van der Waals surface area (Å²) in [6.45, 7) is 1.89. The first-order valence-corrected chi connectivity index (χ1v) is 11.3. The predicted octanol–water partition coefficient (Wildman–Crippen LogP) is 2.96. The monoisotopic (exact) mass is 449 g/mol. The maximum Gasteiger partial charge on any atom is 0.338 e. The second kappa shape index (κ2) is 10.5. The lowest BCUT2D eigenvalue weighted by molar-refractivity contribution is -0.384. The molecule has 0 saturated heterocycles. The van der Waals surface area contributed by atoms with Gasteiger partial charge in [-0.15, -0.1) is 0 Å². The second-order valence-corrected chi connectivity index (χ2v) is 8.47. The Labute approximate surface area is 180 Å². The van der Waals surface area contributed by atoms with Gasteiger partial charge in [0, 0.05) is 30.8 Å². The van der Waals surface area contributed by atoms with E-state index >= 15 is 0 Å². The van der Waals surface area contributed by atoms with Crippen LogP contribution in [0.1, 0.15) is 30.1 Å². The zero-order valence-corrected chi connectivity index (χ0v) is 17.9. The Bertz CT molecular complexity index is 1070. The SMILES string of the molecule is CCOC(=O)c1cccc(NC(=O)CCCN(c2cccc([N+](=O)[O-])c2)S(C)(=O)=O)c1. The lowest BCUT2D eigenvalue weighted by Crippen LogP contribution is -2.31. The van der Waals surface area contributed by atoms with Crippen LogP contribution in [0.15, 0.2) is 48.5 Å². The lowest BCUT2D eigenvalue weighted by atomic mass is 10.2. The van der Waals surface area contributed by atoms with E-state index < -0.39 is 20.9 Å². The summed E-state index contributed by atoms with van der Waals surface area (Å²) in [4.78, 5) is 34.4. The molecular formula is C20H23N3O7S. The molecule has 0 aromatic heterocycles. The summed E-state index contributed by atoms with van der Waals surface area (Å²) in [5, 5.41) is 13.6. The molecule has 0 fully saturated rings. The molecule has 1 amide bonds. The number of ether oxygens (including phenoxy) is 1. The normalized spacial score (nSPS) is 10.9. The van der Waals surface area contributed by atoms with Gasteiger partial charge in [0.1, 0.15) is 0 Å². The Morgan fingerprint density at radius 2 is 1.87 bits per heavy atom. The summed E-state index contributed by atoms with van der Waals surface area (Å²) in [5.74, 6) is -0.868. The van der Waals surface area contributed by atoms with E-state index in [1.165, 1.54) is 30.3 Å². The molecule has 166 valence electrons.